The molecular weight excluding hydrogens is 368 g/mol. The number of benzene rings is 1. The monoisotopic (exact) mass is 388 g/mol. The van der Waals surface area contributed by atoms with Crippen molar-refractivity contribution in [2.45, 2.75) is 20.3 Å². The summed E-state index contributed by atoms with van der Waals surface area (Å²) in [6, 6.07) is 11.3. The number of carbonyl (C=O) groups excluding carboxylic acids is 1. The Bertz CT molecular complexity index is 1140. The Labute approximate surface area is 167 Å². The lowest BCUT2D eigenvalue weighted by Crippen LogP contribution is -2.12. The average Bonchev–Trinajstić information content (AvgIpc) is 3.35. The first-order valence-corrected chi connectivity index (χ1v) is 9.98. The second-order valence-corrected chi connectivity index (χ2v) is 7.35. The molecule has 0 aliphatic heterocycles. The van der Waals surface area contributed by atoms with Crippen LogP contribution in [0.5, 0.6) is 0 Å². The molecule has 0 fully saturated rings. The number of hydrogen-bond acceptors (Lipinski definition) is 4. The number of fused-ring (bicyclic) bond motifs is 1. The van der Waals surface area contributed by atoms with E-state index in [1.165, 1.54) is 0 Å². The van der Waals surface area contributed by atoms with Crippen molar-refractivity contribution in [3.05, 3.63) is 81.7 Å². The Kier molecular flexibility index (Phi) is 5.04. The highest BCUT2D eigenvalue weighted by Crippen LogP contribution is 2.17. The molecule has 3 heterocycles. The molecule has 0 spiro atoms. The van der Waals surface area contributed by atoms with Gasteiger partial charge in [-0.05, 0) is 49.2 Å². The van der Waals surface area contributed by atoms with E-state index in [2.05, 4.69) is 22.2 Å². The summed E-state index contributed by atoms with van der Waals surface area (Å²) in [5.41, 5.74) is 5.45. The Morgan fingerprint density at radius 2 is 2.00 bits per heavy atom. The lowest BCUT2D eigenvalue weighted by atomic mass is 10.1. The summed E-state index contributed by atoms with van der Waals surface area (Å²) in [4.78, 5) is 21.4. The summed E-state index contributed by atoms with van der Waals surface area (Å²) >= 11 is 1.59. The maximum absolute atomic E-state index is 12.6. The van der Waals surface area contributed by atoms with Crippen molar-refractivity contribution in [1.29, 1.82) is 0 Å². The molecule has 4 aromatic rings. The molecule has 0 aliphatic rings. The van der Waals surface area contributed by atoms with Crippen LogP contribution in [0.3, 0.4) is 0 Å². The topological polar surface area (TPSA) is 59.3 Å². The second-order valence-electron chi connectivity index (χ2n) is 6.42. The summed E-state index contributed by atoms with van der Waals surface area (Å²) in [7, 11) is 0. The normalized spacial score (nSPS) is 11.4. The quantitative estimate of drug-likeness (QED) is 0.518. The highest BCUT2D eigenvalue weighted by molar-refractivity contribution is 7.10. The van der Waals surface area contributed by atoms with Crippen molar-refractivity contribution in [2.75, 3.05) is 5.32 Å². The van der Waals surface area contributed by atoms with Gasteiger partial charge in [-0.1, -0.05) is 25.1 Å². The summed E-state index contributed by atoms with van der Waals surface area (Å²) in [6.45, 7) is 4.13. The molecule has 0 saturated carbocycles. The first-order chi connectivity index (χ1) is 13.6. The van der Waals surface area contributed by atoms with E-state index in [1.54, 1.807) is 17.5 Å². The van der Waals surface area contributed by atoms with Crippen LogP contribution in [0.25, 0.3) is 17.8 Å². The van der Waals surface area contributed by atoms with Gasteiger partial charge in [0.05, 0.1) is 11.4 Å². The smallest absolute Gasteiger partial charge is 0.255 e. The third-order valence-electron chi connectivity index (χ3n) is 4.59. The van der Waals surface area contributed by atoms with Crippen LogP contribution in [0.2, 0.25) is 0 Å². The Morgan fingerprint density at radius 1 is 1.18 bits per heavy atom. The molecule has 0 aliphatic carbocycles. The van der Waals surface area contributed by atoms with Crippen molar-refractivity contribution >= 4 is 40.7 Å². The first kappa shape index (κ1) is 18.1. The zero-order valence-corrected chi connectivity index (χ0v) is 16.5. The van der Waals surface area contributed by atoms with E-state index >= 15 is 0 Å². The zero-order valence-electron chi connectivity index (χ0n) is 15.7. The van der Waals surface area contributed by atoms with Crippen LogP contribution in [0, 0.1) is 6.92 Å². The fourth-order valence-electron chi connectivity index (χ4n) is 3.05. The number of amides is 1. The van der Waals surface area contributed by atoms with Crippen LogP contribution in [0.1, 0.15) is 39.2 Å². The number of imidazole rings is 1. The van der Waals surface area contributed by atoms with Gasteiger partial charge < -0.3 is 9.72 Å². The molecule has 3 aromatic heterocycles. The summed E-state index contributed by atoms with van der Waals surface area (Å²) in [5, 5.41) is 5.86. The predicted molar refractivity (Wildman–Crippen MR) is 115 cm³/mol. The minimum atomic E-state index is -0.136. The summed E-state index contributed by atoms with van der Waals surface area (Å²) < 4.78 is 2.01. The van der Waals surface area contributed by atoms with Gasteiger partial charge in [0.2, 0.25) is 0 Å². The largest absolute Gasteiger partial charge is 0.321 e. The van der Waals surface area contributed by atoms with Crippen molar-refractivity contribution in [3.8, 4) is 0 Å². The number of aromatic nitrogens is 3. The van der Waals surface area contributed by atoms with Crippen LogP contribution >= 0.6 is 11.3 Å². The van der Waals surface area contributed by atoms with Crippen molar-refractivity contribution < 1.29 is 4.79 Å². The molecule has 0 bridgehead atoms. The molecule has 4 rings (SSSR count). The van der Waals surface area contributed by atoms with Gasteiger partial charge in [-0.15, -0.1) is 11.3 Å². The third-order valence-corrected chi connectivity index (χ3v) is 5.33. The maximum atomic E-state index is 12.6. The highest BCUT2D eigenvalue weighted by atomic mass is 32.1. The van der Waals surface area contributed by atoms with E-state index in [0.29, 0.717) is 5.56 Å². The molecular formula is C22H20N4OS. The molecule has 1 amide bonds. The minimum Gasteiger partial charge on any atom is -0.321 e. The number of nitrogens with one attached hydrogen (secondary N) is 1. The number of rotatable bonds is 5. The molecule has 5 nitrogen and oxygen atoms in total. The summed E-state index contributed by atoms with van der Waals surface area (Å²) in [6.07, 6.45) is 8.54. The molecule has 0 radical (unpaired) electrons. The molecule has 140 valence electrons. The van der Waals surface area contributed by atoms with Crippen molar-refractivity contribution in [1.82, 2.24) is 14.4 Å². The van der Waals surface area contributed by atoms with E-state index in [-0.39, 0.29) is 5.91 Å². The van der Waals surface area contributed by atoms with Gasteiger partial charge in [-0.2, -0.15) is 0 Å². The minimum absolute atomic E-state index is 0.136. The number of nitrogens with zero attached hydrogens (tertiary/aromatic N) is 3. The molecule has 6 heteroatoms. The highest BCUT2D eigenvalue weighted by Gasteiger charge is 2.09. The van der Waals surface area contributed by atoms with Crippen LogP contribution in [0.15, 0.2) is 54.2 Å². The van der Waals surface area contributed by atoms with Gasteiger partial charge in [0, 0.05) is 29.0 Å². The van der Waals surface area contributed by atoms with Gasteiger partial charge in [-0.3, -0.25) is 4.79 Å². The third kappa shape index (κ3) is 3.73. The van der Waals surface area contributed by atoms with Gasteiger partial charge in [-0.25, -0.2) is 9.97 Å². The fourth-order valence-corrected chi connectivity index (χ4v) is 3.58. The Balaban J connectivity index is 1.48. The van der Waals surface area contributed by atoms with E-state index in [9.17, 15) is 4.79 Å². The average molecular weight is 388 g/mol. The second kappa shape index (κ2) is 7.78. The van der Waals surface area contributed by atoms with E-state index in [1.807, 2.05) is 71.5 Å². The Hall–Kier alpha value is -3.25. The maximum Gasteiger partial charge on any atom is 0.255 e. The van der Waals surface area contributed by atoms with Crippen LogP contribution in [0.4, 0.5) is 5.69 Å². The molecule has 1 N–H and O–H groups in total. The molecule has 0 unspecified atom stereocenters. The SMILES string of the molecule is CCc1nc2ccc(NC(=O)c3ccc(/C=C/c4nccs4)cc3)cn2c1C. The van der Waals surface area contributed by atoms with Crippen LogP contribution in [-0.4, -0.2) is 20.3 Å². The molecule has 0 atom stereocenters. The number of hydrogen-bond donors (Lipinski definition) is 1. The predicted octanol–water partition coefficient (Wildman–Crippen LogP) is 5.08. The van der Waals surface area contributed by atoms with Gasteiger partial charge >= 0.3 is 0 Å². The lowest BCUT2D eigenvalue weighted by molar-refractivity contribution is 0.102. The molecule has 28 heavy (non-hydrogen) atoms. The summed E-state index contributed by atoms with van der Waals surface area (Å²) in [5.74, 6) is -0.136. The number of carbonyl (C=O) groups is 1. The van der Waals surface area contributed by atoms with Gasteiger partial charge in [0.1, 0.15) is 10.7 Å². The van der Waals surface area contributed by atoms with Crippen LogP contribution < -0.4 is 5.32 Å². The van der Waals surface area contributed by atoms with E-state index < -0.39 is 0 Å². The zero-order chi connectivity index (χ0) is 19.5. The molecule has 0 saturated heterocycles. The Morgan fingerprint density at radius 3 is 2.71 bits per heavy atom. The molecule has 1 aromatic carbocycles. The number of thiazole rings is 1. The fraction of sp³-hybridized carbons (Fsp3) is 0.136. The number of anilines is 1. The van der Waals surface area contributed by atoms with Gasteiger partial charge in [0.25, 0.3) is 5.91 Å². The lowest BCUT2D eigenvalue weighted by Gasteiger charge is -2.07. The number of aryl methyl sites for hydroxylation is 2. The first-order valence-electron chi connectivity index (χ1n) is 9.10. The number of pyridine rings is 1. The van der Waals surface area contributed by atoms with Crippen LogP contribution in [-0.2, 0) is 6.42 Å². The standard InChI is InChI=1S/C22H20N4OS/c1-3-19-15(2)26-14-18(9-10-20(26)25-19)24-22(27)17-7-4-16(5-8-17)6-11-21-23-12-13-28-21/h4-14H,3H2,1-2H3,(H,24,27)/b11-6+. The van der Waals surface area contributed by atoms with Crippen molar-refractivity contribution in [2.24, 2.45) is 0 Å². The van der Waals surface area contributed by atoms with Gasteiger partial charge in [0.15, 0.2) is 0 Å². The van der Waals surface area contributed by atoms with Crippen molar-refractivity contribution in [3.63, 3.8) is 0 Å². The van der Waals surface area contributed by atoms with E-state index in [0.717, 1.165) is 39.7 Å². The van der Waals surface area contributed by atoms with E-state index in [4.69, 9.17) is 0 Å².